The van der Waals surface area contributed by atoms with Gasteiger partial charge >= 0.3 is 0 Å². The second-order valence-electron chi connectivity index (χ2n) is 12.1. The van der Waals surface area contributed by atoms with E-state index in [0.717, 1.165) is 99.8 Å². The smallest absolute Gasteiger partial charge is 0.115 e. The fraction of sp³-hybridized carbons (Fsp3) is 0. The maximum absolute atomic E-state index is 10.3. The topological polar surface area (TPSA) is 77.6 Å². The largest absolute Gasteiger partial charge is 0.508 e. The highest BCUT2D eigenvalue weighted by Gasteiger charge is 2.23. The van der Waals surface area contributed by atoms with Crippen molar-refractivity contribution in [1.82, 2.24) is 19.9 Å². The summed E-state index contributed by atoms with van der Waals surface area (Å²) in [6.45, 7) is 0. The second-order valence-corrected chi connectivity index (χ2v) is 12.1. The predicted octanol–water partition coefficient (Wildman–Crippen LogP) is 10.7. The number of phenolic OH excluding ortho intramolecular Hbond substituents is 1. The van der Waals surface area contributed by atoms with Gasteiger partial charge in [-0.15, -0.1) is 0 Å². The molecule has 0 spiro atoms. The second kappa shape index (κ2) is 9.77. The van der Waals surface area contributed by atoms with Crippen LogP contribution in [0.15, 0.2) is 140 Å². The molecule has 2 aliphatic rings. The van der Waals surface area contributed by atoms with E-state index >= 15 is 0 Å². The molecule has 47 heavy (non-hydrogen) atoms. The Kier molecular flexibility index (Phi) is 5.37. The summed E-state index contributed by atoms with van der Waals surface area (Å²) in [6, 6.07) is 47.7. The van der Waals surface area contributed by atoms with E-state index in [1.807, 2.05) is 12.1 Å². The Morgan fingerprint density at radius 2 is 0.872 bits per heavy atom. The first-order valence-electron chi connectivity index (χ1n) is 15.7. The van der Waals surface area contributed by atoms with Crippen LogP contribution in [0.4, 0.5) is 0 Å². The Bertz CT molecular complexity index is 2750. The molecule has 0 saturated carbocycles. The molecule has 0 amide bonds. The highest BCUT2D eigenvalue weighted by atomic mass is 16.3. The molecule has 8 bridgehead atoms. The Morgan fingerprint density at radius 3 is 1.47 bits per heavy atom. The van der Waals surface area contributed by atoms with Crippen molar-refractivity contribution in [3.8, 4) is 61.9 Å². The van der Waals surface area contributed by atoms with Crippen LogP contribution in [0, 0.1) is 0 Å². The van der Waals surface area contributed by atoms with Crippen molar-refractivity contribution in [3.05, 3.63) is 140 Å². The number of aromatic amines is 2. The van der Waals surface area contributed by atoms with Crippen LogP contribution >= 0.6 is 0 Å². The van der Waals surface area contributed by atoms with Crippen molar-refractivity contribution in [2.24, 2.45) is 0 Å². The standard InChI is InChI=1S/C42H26N4O/c47-25-19-17-24(18-20-25)40-41-32-15-7-5-13-30(32)38(45-41)22-36-28-11-3-1-9-26(28)34(43-36)21-35-27-10-2-4-12-29(27)37(44-35)23-39-31-14-6-8-16-33(31)42(40)46-39/h1-23,43,46-47H. The minimum absolute atomic E-state index is 0.221. The predicted molar refractivity (Wildman–Crippen MR) is 192 cm³/mol. The lowest BCUT2D eigenvalue weighted by atomic mass is 9.96. The van der Waals surface area contributed by atoms with Crippen LogP contribution in [0.1, 0.15) is 0 Å². The monoisotopic (exact) mass is 602 g/mol. The first kappa shape index (κ1) is 25.8. The lowest BCUT2D eigenvalue weighted by Crippen LogP contribution is -1.85. The van der Waals surface area contributed by atoms with Crippen molar-refractivity contribution >= 4 is 43.6 Å². The molecule has 10 rings (SSSR count). The van der Waals surface area contributed by atoms with E-state index in [4.69, 9.17) is 9.97 Å². The first-order chi connectivity index (χ1) is 23.2. The number of nitrogens with zero attached hydrogens (tertiary/aromatic N) is 2. The van der Waals surface area contributed by atoms with Crippen LogP contribution in [-0.2, 0) is 0 Å². The number of rotatable bonds is 1. The number of phenols is 1. The van der Waals surface area contributed by atoms with E-state index in [1.165, 1.54) is 0 Å². The van der Waals surface area contributed by atoms with Crippen molar-refractivity contribution in [1.29, 1.82) is 0 Å². The lowest BCUT2D eigenvalue weighted by molar-refractivity contribution is 0.475. The molecule has 220 valence electrons. The van der Waals surface area contributed by atoms with Gasteiger partial charge in [0.2, 0.25) is 0 Å². The van der Waals surface area contributed by atoms with Crippen molar-refractivity contribution in [3.63, 3.8) is 0 Å². The zero-order chi connectivity index (χ0) is 31.1. The molecule has 0 saturated heterocycles. The Hall–Kier alpha value is -6.46. The number of hydrogen-bond acceptors (Lipinski definition) is 3. The van der Waals surface area contributed by atoms with Gasteiger partial charge in [-0.05, 0) is 35.9 Å². The molecule has 5 nitrogen and oxygen atoms in total. The molecule has 8 aromatic rings. The van der Waals surface area contributed by atoms with E-state index in [-0.39, 0.29) is 5.75 Å². The quantitative estimate of drug-likeness (QED) is 0.175. The van der Waals surface area contributed by atoms with Crippen LogP contribution in [0.5, 0.6) is 5.75 Å². The summed E-state index contributed by atoms with van der Waals surface area (Å²) < 4.78 is 0. The Labute approximate surface area is 269 Å². The van der Waals surface area contributed by atoms with Gasteiger partial charge in [0.25, 0.3) is 0 Å². The van der Waals surface area contributed by atoms with Crippen LogP contribution in [0.25, 0.3) is 99.8 Å². The van der Waals surface area contributed by atoms with E-state index in [2.05, 4.69) is 125 Å². The fourth-order valence-corrected chi connectivity index (χ4v) is 7.27. The molecular formula is C42H26N4O. The average molecular weight is 603 g/mol. The highest BCUT2D eigenvalue weighted by Crippen LogP contribution is 2.45. The molecule has 3 N–H and O–H groups in total. The molecule has 0 unspecified atom stereocenters. The molecule has 5 heterocycles. The summed E-state index contributed by atoms with van der Waals surface area (Å²) in [4.78, 5) is 18.2. The molecule has 0 fully saturated rings. The van der Waals surface area contributed by atoms with Gasteiger partial charge in [0, 0.05) is 65.9 Å². The molecule has 5 heteroatoms. The Balaban J connectivity index is 1.47. The third kappa shape index (κ3) is 3.90. The van der Waals surface area contributed by atoms with Crippen molar-refractivity contribution in [2.45, 2.75) is 0 Å². The van der Waals surface area contributed by atoms with Gasteiger partial charge in [-0.2, -0.15) is 0 Å². The van der Waals surface area contributed by atoms with E-state index in [9.17, 15) is 5.11 Å². The number of H-pyrrole nitrogens is 2. The van der Waals surface area contributed by atoms with Crippen molar-refractivity contribution in [2.75, 3.05) is 0 Å². The summed E-state index contributed by atoms with van der Waals surface area (Å²) in [6.07, 6.45) is 0. The zero-order valence-electron chi connectivity index (χ0n) is 25.1. The van der Waals surface area contributed by atoms with Crippen LogP contribution in [-0.4, -0.2) is 25.0 Å². The number of fused-ring (bicyclic) bond motifs is 20. The molecule has 3 aromatic heterocycles. The maximum atomic E-state index is 10.3. The average Bonchev–Trinajstić information content (AvgIpc) is 3.85. The van der Waals surface area contributed by atoms with Crippen molar-refractivity contribution < 1.29 is 5.11 Å². The Morgan fingerprint density at radius 1 is 0.426 bits per heavy atom. The van der Waals surface area contributed by atoms with Crippen LogP contribution < -0.4 is 0 Å². The number of nitrogens with one attached hydrogen (secondary N) is 2. The van der Waals surface area contributed by atoms with Crippen LogP contribution in [0.2, 0.25) is 0 Å². The van der Waals surface area contributed by atoms with Gasteiger partial charge in [-0.1, -0.05) is 109 Å². The summed E-state index contributed by atoms with van der Waals surface area (Å²) >= 11 is 0. The van der Waals surface area contributed by atoms with Gasteiger partial charge in [-0.3, -0.25) is 0 Å². The van der Waals surface area contributed by atoms with E-state index in [1.54, 1.807) is 12.1 Å². The third-order valence-electron chi connectivity index (χ3n) is 9.42. The van der Waals surface area contributed by atoms with Gasteiger partial charge in [0.1, 0.15) is 5.75 Å². The van der Waals surface area contributed by atoms with Crippen LogP contribution in [0.3, 0.4) is 0 Å². The van der Waals surface area contributed by atoms with Gasteiger partial charge in [0.05, 0.1) is 28.3 Å². The molecule has 5 aromatic carbocycles. The molecular weight excluding hydrogens is 576 g/mol. The summed E-state index contributed by atoms with van der Waals surface area (Å²) in [7, 11) is 0. The molecule has 0 atom stereocenters. The van der Waals surface area contributed by atoms with Gasteiger partial charge in [-0.25, -0.2) is 9.97 Å². The zero-order valence-corrected chi connectivity index (χ0v) is 25.1. The highest BCUT2D eigenvalue weighted by molar-refractivity contribution is 6.15. The molecule has 0 radical (unpaired) electrons. The number of aromatic hydroxyl groups is 1. The minimum atomic E-state index is 0.221. The normalized spacial score (nSPS) is 11.9. The first-order valence-corrected chi connectivity index (χ1v) is 15.7. The summed E-state index contributed by atoms with van der Waals surface area (Å²) in [5.74, 6) is 0.221. The maximum Gasteiger partial charge on any atom is 0.115 e. The number of hydrogen-bond donors (Lipinski definition) is 3. The SMILES string of the molecule is Oc1ccc(-c2c3nc(cc4[nH]c(cc5nc(cc6[nH]c2c2ccccc62)-c2ccccc2-5)c2ccccc42)-c2ccccc2-3)cc1. The number of benzene rings is 5. The van der Waals surface area contributed by atoms with E-state index < -0.39 is 0 Å². The lowest BCUT2D eigenvalue weighted by Gasteiger charge is -2.07. The summed E-state index contributed by atoms with van der Waals surface area (Å²) in [5, 5.41) is 14.7. The van der Waals surface area contributed by atoms with Gasteiger partial charge in [0.15, 0.2) is 0 Å². The molecule has 0 aliphatic carbocycles. The third-order valence-corrected chi connectivity index (χ3v) is 9.42. The molecule has 2 aliphatic heterocycles. The van der Waals surface area contributed by atoms with E-state index in [0.29, 0.717) is 0 Å². The van der Waals surface area contributed by atoms with Gasteiger partial charge < -0.3 is 15.1 Å². The fourth-order valence-electron chi connectivity index (χ4n) is 7.27. The summed E-state index contributed by atoms with van der Waals surface area (Å²) in [5.41, 5.74) is 13.8. The minimum Gasteiger partial charge on any atom is -0.508 e. The number of aromatic nitrogens is 4.